The molecule has 0 spiro atoms. The van der Waals surface area contributed by atoms with Gasteiger partial charge in [0.25, 0.3) is 0 Å². The number of ether oxygens (including phenoxy) is 3. The van der Waals surface area contributed by atoms with Gasteiger partial charge in [-0.3, -0.25) is 0 Å². The summed E-state index contributed by atoms with van der Waals surface area (Å²) in [7, 11) is 3.26. The van der Waals surface area contributed by atoms with Crippen molar-refractivity contribution in [1.29, 1.82) is 0 Å². The van der Waals surface area contributed by atoms with Crippen molar-refractivity contribution >= 4 is 0 Å². The number of hydrogen-bond acceptors (Lipinski definition) is 3. The van der Waals surface area contributed by atoms with Crippen LogP contribution in [-0.2, 0) is 15.9 Å². The monoisotopic (exact) mass is 402 g/mol. The van der Waals surface area contributed by atoms with E-state index in [0.717, 1.165) is 17.5 Å². The summed E-state index contributed by atoms with van der Waals surface area (Å²) in [5.41, 5.74) is 3.42. The number of hydrogen-bond donors (Lipinski definition) is 0. The van der Waals surface area contributed by atoms with Crippen LogP contribution in [0.2, 0.25) is 0 Å². The summed E-state index contributed by atoms with van der Waals surface area (Å²) in [5.74, 6) is 0.893. The van der Waals surface area contributed by atoms with Crippen LogP contribution in [0.3, 0.4) is 0 Å². The lowest BCUT2D eigenvalue weighted by molar-refractivity contribution is -0.0390. The highest BCUT2D eigenvalue weighted by atomic mass is 19.1. The molecule has 4 heteroatoms. The van der Waals surface area contributed by atoms with Gasteiger partial charge in [-0.25, -0.2) is 4.39 Å². The first-order valence-electron chi connectivity index (χ1n) is 10.2. The highest BCUT2D eigenvalue weighted by Crippen LogP contribution is 2.42. The first-order valence-corrected chi connectivity index (χ1v) is 10.2. The standard InChI is InChI=1S/C25H35FO3/c1-17(2)14-18-8-10-20(21-16-19(28-7)9-11-23(21)26)22(15-18)24(25(3,4)5)29-13-12-27-6/h8-11,15-17,24H,12-14H2,1-7H3/t24-/m0/s1. The molecule has 2 rings (SSSR count). The number of rotatable bonds is 9. The molecule has 2 aromatic carbocycles. The Hall–Kier alpha value is -1.91. The third-order valence-corrected chi connectivity index (χ3v) is 4.86. The van der Waals surface area contributed by atoms with Crippen molar-refractivity contribution in [3.05, 3.63) is 53.3 Å². The van der Waals surface area contributed by atoms with Crippen molar-refractivity contribution in [1.82, 2.24) is 0 Å². The van der Waals surface area contributed by atoms with E-state index >= 15 is 0 Å². The fourth-order valence-electron chi connectivity index (χ4n) is 3.57. The highest BCUT2D eigenvalue weighted by molar-refractivity contribution is 5.70. The summed E-state index contributed by atoms with van der Waals surface area (Å²) in [5, 5.41) is 0. The Kier molecular flexibility index (Phi) is 8.23. The molecule has 0 aliphatic heterocycles. The van der Waals surface area contributed by atoms with Gasteiger partial charge in [0.05, 0.1) is 26.4 Å². The Morgan fingerprint density at radius 3 is 2.24 bits per heavy atom. The molecule has 0 unspecified atom stereocenters. The Labute approximate surface area is 175 Å². The fraction of sp³-hybridized carbons (Fsp3) is 0.520. The number of halogens is 1. The van der Waals surface area contributed by atoms with Crippen LogP contribution in [-0.4, -0.2) is 27.4 Å². The first-order chi connectivity index (χ1) is 13.7. The van der Waals surface area contributed by atoms with Crippen molar-refractivity contribution in [3.63, 3.8) is 0 Å². The summed E-state index contributed by atoms with van der Waals surface area (Å²) in [6.07, 6.45) is 0.758. The van der Waals surface area contributed by atoms with E-state index in [4.69, 9.17) is 14.2 Å². The van der Waals surface area contributed by atoms with Crippen LogP contribution in [0, 0.1) is 17.2 Å². The van der Waals surface area contributed by atoms with Crippen LogP contribution < -0.4 is 4.74 Å². The molecule has 0 aliphatic rings. The Balaban J connectivity index is 2.64. The largest absolute Gasteiger partial charge is 0.497 e. The third kappa shape index (κ3) is 6.28. The molecular formula is C25H35FO3. The molecule has 3 nitrogen and oxygen atoms in total. The van der Waals surface area contributed by atoms with E-state index in [1.165, 1.54) is 11.6 Å². The first kappa shape index (κ1) is 23.4. The lowest BCUT2D eigenvalue weighted by Crippen LogP contribution is -2.24. The number of methoxy groups -OCH3 is 2. The fourth-order valence-corrected chi connectivity index (χ4v) is 3.57. The van der Waals surface area contributed by atoms with Gasteiger partial charge in [0.15, 0.2) is 0 Å². The average Bonchev–Trinajstić information content (AvgIpc) is 2.64. The molecule has 1 atom stereocenters. The molecular weight excluding hydrogens is 367 g/mol. The molecule has 0 bridgehead atoms. The lowest BCUT2D eigenvalue weighted by atomic mass is 9.80. The molecule has 0 fully saturated rings. The normalized spacial score (nSPS) is 13.0. The SMILES string of the molecule is COCCO[C@@H](c1cc(CC(C)C)ccc1-c1cc(OC)ccc1F)C(C)(C)C. The predicted molar refractivity (Wildman–Crippen MR) is 117 cm³/mol. The van der Waals surface area contributed by atoms with Crippen molar-refractivity contribution in [2.75, 3.05) is 27.4 Å². The summed E-state index contributed by atoms with van der Waals surface area (Å²) in [6.45, 7) is 11.8. The maximum absolute atomic E-state index is 14.8. The van der Waals surface area contributed by atoms with E-state index in [-0.39, 0.29) is 17.3 Å². The topological polar surface area (TPSA) is 27.7 Å². The zero-order chi connectivity index (χ0) is 21.6. The van der Waals surface area contributed by atoms with Gasteiger partial charge in [0, 0.05) is 12.7 Å². The molecule has 160 valence electrons. The van der Waals surface area contributed by atoms with Gasteiger partial charge in [-0.2, -0.15) is 0 Å². The molecule has 0 amide bonds. The summed E-state index contributed by atoms with van der Waals surface area (Å²) in [4.78, 5) is 0. The van der Waals surface area contributed by atoms with Gasteiger partial charge < -0.3 is 14.2 Å². The zero-order valence-electron chi connectivity index (χ0n) is 18.8. The molecule has 0 N–H and O–H groups in total. The van der Waals surface area contributed by atoms with Crippen molar-refractivity contribution in [2.45, 2.75) is 47.1 Å². The van der Waals surface area contributed by atoms with Gasteiger partial charge in [0.1, 0.15) is 11.6 Å². The van der Waals surface area contributed by atoms with Gasteiger partial charge in [-0.15, -0.1) is 0 Å². The second-order valence-corrected chi connectivity index (χ2v) is 8.98. The van der Waals surface area contributed by atoms with E-state index in [2.05, 4.69) is 46.8 Å². The lowest BCUT2D eigenvalue weighted by Gasteiger charge is -2.33. The Morgan fingerprint density at radius 2 is 1.66 bits per heavy atom. The van der Waals surface area contributed by atoms with Crippen LogP contribution in [0.5, 0.6) is 5.75 Å². The Morgan fingerprint density at radius 1 is 0.931 bits per heavy atom. The van der Waals surface area contributed by atoms with Crippen LogP contribution in [0.25, 0.3) is 11.1 Å². The minimum absolute atomic E-state index is 0.172. The Bertz CT molecular complexity index is 793. The van der Waals surface area contributed by atoms with Crippen LogP contribution in [0.1, 0.15) is 51.8 Å². The van der Waals surface area contributed by atoms with Gasteiger partial charge >= 0.3 is 0 Å². The maximum atomic E-state index is 14.8. The molecule has 0 saturated heterocycles. The van der Waals surface area contributed by atoms with Gasteiger partial charge in [-0.05, 0) is 52.6 Å². The van der Waals surface area contributed by atoms with E-state index in [0.29, 0.717) is 30.4 Å². The molecule has 0 aromatic heterocycles. The van der Waals surface area contributed by atoms with E-state index in [1.807, 2.05) is 6.07 Å². The minimum atomic E-state index is -0.270. The molecule has 0 aliphatic carbocycles. The smallest absolute Gasteiger partial charge is 0.131 e. The third-order valence-electron chi connectivity index (χ3n) is 4.86. The number of benzene rings is 2. The molecule has 0 radical (unpaired) electrons. The molecule has 29 heavy (non-hydrogen) atoms. The van der Waals surface area contributed by atoms with E-state index < -0.39 is 0 Å². The molecule has 0 saturated carbocycles. The second kappa shape index (κ2) is 10.2. The van der Waals surface area contributed by atoms with Crippen molar-refractivity contribution in [2.24, 2.45) is 11.3 Å². The summed E-state index contributed by atoms with van der Waals surface area (Å²) < 4.78 is 31.6. The van der Waals surface area contributed by atoms with Crippen molar-refractivity contribution < 1.29 is 18.6 Å². The molecule has 0 heterocycles. The zero-order valence-corrected chi connectivity index (χ0v) is 18.8. The van der Waals surface area contributed by atoms with Gasteiger partial charge in [0.2, 0.25) is 0 Å². The quantitative estimate of drug-likeness (QED) is 0.451. The van der Waals surface area contributed by atoms with E-state index in [1.54, 1.807) is 26.4 Å². The second-order valence-electron chi connectivity index (χ2n) is 8.98. The van der Waals surface area contributed by atoms with Crippen molar-refractivity contribution in [3.8, 4) is 16.9 Å². The van der Waals surface area contributed by atoms with Crippen LogP contribution >= 0.6 is 0 Å². The highest BCUT2D eigenvalue weighted by Gasteiger charge is 2.30. The summed E-state index contributed by atoms with van der Waals surface area (Å²) >= 11 is 0. The van der Waals surface area contributed by atoms with Gasteiger partial charge in [-0.1, -0.05) is 52.8 Å². The van der Waals surface area contributed by atoms with Crippen LogP contribution in [0.4, 0.5) is 4.39 Å². The summed E-state index contributed by atoms with van der Waals surface area (Å²) in [6, 6.07) is 11.1. The molecule has 2 aromatic rings. The average molecular weight is 403 g/mol. The maximum Gasteiger partial charge on any atom is 0.131 e. The predicted octanol–water partition coefficient (Wildman–Crippen LogP) is 6.45. The van der Waals surface area contributed by atoms with Crippen LogP contribution in [0.15, 0.2) is 36.4 Å². The van der Waals surface area contributed by atoms with E-state index in [9.17, 15) is 4.39 Å². The minimum Gasteiger partial charge on any atom is -0.497 e.